The zero-order chi connectivity index (χ0) is 12.3. The third-order valence-corrected chi connectivity index (χ3v) is 2.15. The van der Waals surface area contributed by atoms with Gasteiger partial charge in [0.15, 0.2) is 5.65 Å². The molecule has 0 aromatic carbocycles. The number of urea groups is 1. The summed E-state index contributed by atoms with van der Waals surface area (Å²) >= 11 is 0. The third-order valence-electron chi connectivity index (χ3n) is 2.15. The van der Waals surface area contributed by atoms with Crippen LogP contribution in [-0.4, -0.2) is 32.7 Å². The van der Waals surface area contributed by atoms with Crippen LogP contribution in [-0.2, 0) is 0 Å². The fourth-order valence-electron chi connectivity index (χ4n) is 1.31. The molecule has 0 atom stereocenters. The minimum Gasteiger partial charge on any atom is -0.338 e. The van der Waals surface area contributed by atoms with Crippen molar-refractivity contribution in [2.24, 2.45) is 5.92 Å². The number of carbonyl (C=O) groups is 1. The van der Waals surface area contributed by atoms with E-state index >= 15 is 0 Å². The van der Waals surface area contributed by atoms with Crippen LogP contribution in [0.2, 0.25) is 0 Å². The highest BCUT2D eigenvalue weighted by atomic mass is 16.2. The Bertz CT molecular complexity index is 520. The number of aromatic nitrogens is 4. The average Bonchev–Trinajstić information content (AvgIpc) is 2.75. The molecule has 0 aliphatic rings. The lowest BCUT2D eigenvalue weighted by atomic mass is 10.2. The van der Waals surface area contributed by atoms with Crippen LogP contribution in [0.5, 0.6) is 0 Å². The molecule has 0 saturated heterocycles. The molecule has 90 valence electrons. The van der Waals surface area contributed by atoms with Crippen molar-refractivity contribution in [1.82, 2.24) is 25.5 Å². The molecule has 2 aromatic rings. The third kappa shape index (κ3) is 2.68. The lowest BCUT2D eigenvalue weighted by molar-refractivity contribution is 0.251. The van der Waals surface area contributed by atoms with Gasteiger partial charge in [-0.05, 0) is 5.92 Å². The Morgan fingerprint density at radius 2 is 2.29 bits per heavy atom. The number of aromatic amines is 1. The molecule has 0 aliphatic carbocycles. The molecule has 0 bridgehead atoms. The Labute approximate surface area is 98.0 Å². The Hall–Kier alpha value is -2.18. The van der Waals surface area contributed by atoms with Crippen LogP contribution in [0.25, 0.3) is 11.0 Å². The van der Waals surface area contributed by atoms with E-state index in [1.807, 2.05) is 13.8 Å². The van der Waals surface area contributed by atoms with Gasteiger partial charge < -0.3 is 5.32 Å². The minimum atomic E-state index is -0.278. The second kappa shape index (κ2) is 4.77. The highest BCUT2D eigenvalue weighted by Crippen LogP contribution is 2.15. The lowest BCUT2D eigenvalue weighted by Gasteiger charge is -2.08. The SMILES string of the molecule is CC(C)CNC(=O)Nc1ncnc2[nH]ncc12. The van der Waals surface area contributed by atoms with Crippen molar-refractivity contribution < 1.29 is 4.79 Å². The molecule has 2 rings (SSSR count). The quantitative estimate of drug-likeness (QED) is 0.741. The van der Waals surface area contributed by atoms with Gasteiger partial charge in [-0.3, -0.25) is 10.4 Å². The molecule has 7 heteroatoms. The summed E-state index contributed by atoms with van der Waals surface area (Å²) in [5, 5.41) is 12.7. The molecule has 0 aliphatic heterocycles. The molecule has 0 spiro atoms. The summed E-state index contributed by atoms with van der Waals surface area (Å²) in [4.78, 5) is 19.6. The highest BCUT2D eigenvalue weighted by molar-refractivity contribution is 5.96. The average molecular weight is 234 g/mol. The van der Waals surface area contributed by atoms with Crippen molar-refractivity contribution in [2.75, 3.05) is 11.9 Å². The van der Waals surface area contributed by atoms with E-state index in [2.05, 4.69) is 30.8 Å². The van der Waals surface area contributed by atoms with Gasteiger partial charge in [-0.1, -0.05) is 13.8 Å². The lowest BCUT2D eigenvalue weighted by Crippen LogP contribution is -2.32. The number of rotatable bonds is 3. The van der Waals surface area contributed by atoms with Crippen molar-refractivity contribution in [3.05, 3.63) is 12.5 Å². The second-order valence-corrected chi connectivity index (χ2v) is 4.08. The van der Waals surface area contributed by atoms with Crippen LogP contribution in [0.4, 0.5) is 10.6 Å². The summed E-state index contributed by atoms with van der Waals surface area (Å²) in [5.41, 5.74) is 0.596. The number of fused-ring (bicyclic) bond motifs is 1. The monoisotopic (exact) mass is 234 g/mol. The number of carbonyl (C=O) groups excluding carboxylic acids is 1. The maximum atomic E-state index is 11.6. The van der Waals surface area contributed by atoms with E-state index in [-0.39, 0.29) is 6.03 Å². The number of hydrogen-bond acceptors (Lipinski definition) is 4. The van der Waals surface area contributed by atoms with Gasteiger partial charge in [-0.15, -0.1) is 0 Å². The normalized spacial score (nSPS) is 10.8. The van der Waals surface area contributed by atoms with Gasteiger partial charge in [0.25, 0.3) is 0 Å². The summed E-state index contributed by atoms with van der Waals surface area (Å²) in [5.74, 6) is 0.852. The number of amides is 2. The fraction of sp³-hybridized carbons (Fsp3) is 0.400. The molecular formula is C10H14N6O. The van der Waals surface area contributed by atoms with Crippen LogP contribution in [0.1, 0.15) is 13.8 Å². The smallest absolute Gasteiger partial charge is 0.320 e. The summed E-state index contributed by atoms with van der Waals surface area (Å²) in [6, 6.07) is -0.278. The van der Waals surface area contributed by atoms with Crippen molar-refractivity contribution >= 4 is 22.9 Å². The standard InChI is InChI=1S/C10H14N6O/c1-6(2)3-11-10(17)15-8-7-4-14-16-9(7)13-5-12-8/h4-6H,3H2,1-2H3,(H3,11,12,13,14,15,16,17). The summed E-state index contributed by atoms with van der Waals surface area (Å²) in [6.07, 6.45) is 2.95. The molecule has 17 heavy (non-hydrogen) atoms. The maximum absolute atomic E-state index is 11.6. The van der Waals surface area contributed by atoms with Crippen LogP contribution in [0.3, 0.4) is 0 Å². The molecule has 0 fully saturated rings. The van der Waals surface area contributed by atoms with E-state index in [0.29, 0.717) is 29.3 Å². The van der Waals surface area contributed by atoms with Gasteiger partial charge in [0.05, 0.1) is 11.6 Å². The summed E-state index contributed by atoms with van der Waals surface area (Å²) < 4.78 is 0. The molecule has 0 radical (unpaired) electrons. The highest BCUT2D eigenvalue weighted by Gasteiger charge is 2.08. The summed E-state index contributed by atoms with van der Waals surface area (Å²) in [7, 11) is 0. The van der Waals surface area contributed by atoms with E-state index in [4.69, 9.17) is 0 Å². The van der Waals surface area contributed by atoms with Crippen LogP contribution in [0, 0.1) is 5.92 Å². The molecular weight excluding hydrogens is 220 g/mol. The minimum absolute atomic E-state index is 0.278. The largest absolute Gasteiger partial charge is 0.338 e. The van der Waals surface area contributed by atoms with E-state index in [0.717, 1.165) is 0 Å². The van der Waals surface area contributed by atoms with Crippen molar-refractivity contribution in [2.45, 2.75) is 13.8 Å². The van der Waals surface area contributed by atoms with Crippen molar-refractivity contribution in [1.29, 1.82) is 0 Å². The zero-order valence-corrected chi connectivity index (χ0v) is 9.69. The molecule has 3 N–H and O–H groups in total. The first kappa shape index (κ1) is 11.3. The zero-order valence-electron chi connectivity index (χ0n) is 9.69. The fourth-order valence-corrected chi connectivity index (χ4v) is 1.31. The van der Waals surface area contributed by atoms with E-state index in [1.165, 1.54) is 6.33 Å². The molecule has 2 amide bonds. The first-order valence-corrected chi connectivity index (χ1v) is 5.35. The van der Waals surface area contributed by atoms with Crippen LogP contribution in [0.15, 0.2) is 12.5 Å². The van der Waals surface area contributed by atoms with Gasteiger partial charge in [-0.25, -0.2) is 14.8 Å². The molecule has 2 aromatic heterocycles. The van der Waals surface area contributed by atoms with Gasteiger partial charge >= 0.3 is 6.03 Å². The van der Waals surface area contributed by atoms with E-state index < -0.39 is 0 Å². The Balaban J connectivity index is 2.08. The van der Waals surface area contributed by atoms with Gasteiger partial charge in [0.2, 0.25) is 0 Å². The van der Waals surface area contributed by atoms with E-state index in [9.17, 15) is 4.79 Å². The predicted octanol–water partition coefficient (Wildman–Crippen LogP) is 1.13. The Morgan fingerprint density at radius 3 is 3.06 bits per heavy atom. The Kier molecular flexibility index (Phi) is 3.17. The topological polar surface area (TPSA) is 95.6 Å². The van der Waals surface area contributed by atoms with Gasteiger partial charge in [0, 0.05) is 6.54 Å². The first-order chi connectivity index (χ1) is 8.16. The van der Waals surface area contributed by atoms with Crippen molar-refractivity contribution in [3.8, 4) is 0 Å². The molecule has 2 heterocycles. The second-order valence-electron chi connectivity index (χ2n) is 4.08. The molecule has 7 nitrogen and oxygen atoms in total. The van der Waals surface area contributed by atoms with Crippen molar-refractivity contribution in [3.63, 3.8) is 0 Å². The number of nitrogens with one attached hydrogen (secondary N) is 3. The maximum Gasteiger partial charge on any atom is 0.320 e. The molecule has 0 saturated carbocycles. The molecule has 0 unspecified atom stereocenters. The van der Waals surface area contributed by atoms with Crippen LogP contribution >= 0.6 is 0 Å². The number of hydrogen-bond donors (Lipinski definition) is 3. The first-order valence-electron chi connectivity index (χ1n) is 5.35. The number of nitrogens with zero attached hydrogens (tertiary/aromatic N) is 3. The van der Waals surface area contributed by atoms with E-state index in [1.54, 1.807) is 6.20 Å². The Morgan fingerprint density at radius 1 is 1.47 bits per heavy atom. The number of anilines is 1. The number of H-pyrrole nitrogens is 1. The van der Waals surface area contributed by atoms with Gasteiger partial charge in [-0.2, -0.15) is 5.10 Å². The summed E-state index contributed by atoms with van der Waals surface area (Å²) in [6.45, 7) is 4.67. The van der Waals surface area contributed by atoms with Gasteiger partial charge in [0.1, 0.15) is 12.1 Å². The predicted molar refractivity (Wildman–Crippen MR) is 63.5 cm³/mol. The van der Waals surface area contributed by atoms with Crippen LogP contribution < -0.4 is 10.6 Å².